The predicted octanol–water partition coefficient (Wildman–Crippen LogP) is 4.53. The van der Waals surface area contributed by atoms with Crippen LogP contribution in [0.1, 0.15) is 88.8 Å². The monoisotopic (exact) mass is 273 g/mol. The summed E-state index contributed by atoms with van der Waals surface area (Å²) in [6.45, 7) is 6.48. The van der Waals surface area contributed by atoms with Crippen molar-refractivity contribution in [1.29, 1.82) is 0 Å². The van der Waals surface area contributed by atoms with Crippen LogP contribution >= 0.6 is 0 Å². The van der Waals surface area contributed by atoms with Crippen molar-refractivity contribution in [3.8, 4) is 0 Å². The molecule has 0 saturated heterocycles. The van der Waals surface area contributed by atoms with Gasteiger partial charge in [-0.25, -0.2) is 0 Å². The maximum atomic E-state index is 12.9. The molecule has 1 heterocycles. The summed E-state index contributed by atoms with van der Waals surface area (Å²) in [6.07, 6.45) is 11.0. The van der Waals surface area contributed by atoms with E-state index in [9.17, 15) is 4.79 Å². The van der Waals surface area contributed by atoms with Gasteiger partial charge in [-0.3, -0.25) is 4.79 Å². The summed E-state index contributed by atoms with van der Waals surface area (Å²) in [7, 11) is 0. The largest absolute Gasteiger partial charge is 0.312 e. The molecule has 0 unspecified atom stereocenters. The lowest BCUT2D eigenvalue weighted by Crippen LogP contribution is -2.33. The number of hydrogen-bond donors (Lipinski definition) is 0. The van der Waals surface area contributed by atoms with Crippen LogP contribution in [0.5, 0.6) is 0 Å². The number of hydrogen-bond acceptors (Lipinski definition) is 1. The minimum atomic E-state index is -0.0571. The molecular formula is C18H27NO. The van der Waals surface area contributed by atoms with Gasteiger partial charge >= 0.3 is 0 Å². The molecule has 0 aromatic carbocycles. The van der Waals surface area contributed by atoms with E-state index in [1.807, 2.05) is 0 Å². The van der Waals surface area contributed by atoms with Crippen molar-refractivity contribution < 1.29 is 0 Å². The molecule has 0 atom stereocenters. The van der Waals surface area contributed by atoms with E-state index < -0.39 is 0 Å². The Hall–Kier alpha value is -1.05. The second-order valence-corrected chi connectivity index (χ2v) is 7.72. The predicted molar refractivity (Wildman–Crippen MR) is 83.5 cm³/mol. The van der Waals surface area contributed by atoms with Gasteiger partial charge in [0.1, 0.15) is 0 Å². The quantitative estimate of drug-likeness (QED) is 0.776. The van der Waals surface area contributed by atoms with Crippen LogP contribution in [-0.4, -0.2) is 4.57 Å². The molecule has 3 rings (SSSR count). The van der Waals surface area contributed by atoms with Crippen LogP contribution < -0.4 is 5.56 Å². The van der Waals surface area contributed by atoms with E-state index >= 15 is 0 Å². The van der Waals surface area contributed by atoms with Gasteiger partial charge in [0.2, 0.25) is 0 Å². The first-order valence-corrected chi connectivity index (χ1v) is 8.23. The maximum Gasteiger partial charge on any atom is 0.254 e. The van der Waals surface area contributed by atoms with Crippen molar-refractivity contribution in [2.75, 3.05) is 0 Å². The van der Waals surface area contributed by atoms with E-state index in [4.69, 9.17) is 0 Å². The molecule has 2 saturated carbocycles. The zero-order valence-electron chi connectivity index (χ0n) is 13.1. The molecule has 0 bridgehead atoms. The Morgan fingerprint density at radius 2 is 1.70 bits per heavy atom. The Morgan fingerprint density at radius 3 is 2.25 bits per heavy atom. The molecule has 0 aliphatic heterocycles. The molecule has 20 heavy (non-hydrogen) atoms. The van der Waals surface area contributed by atoms with Crippen molar-refractivity contribution in [2.45, 2.75) is 83.1 Å². The van der Waals surface area contributed by atoms with Crippen molar-refractivity contribution in [3.63, 3.8) is 0 Å². The van der Waals surface area contributed by atoms with Gasteiger partial charge in [-0.2, -0.15) is 0 Å². The van der Waals surface area contributed by atoms with Crippen LogP contribution in [0.2, 0.25) is 0 Å². The van der Waals surface area contributed by atoms with Gasteiger partial charge in [0, 0.05) is 17.8 Å². The second kappa shape index (κ2) is 5.05. The summed E-state index contributed by atoms with van der Waals surface area (Å²) < 4.78 is 2.09. The van der Waals surface area contributed by atoms with E-state index in [0.29, 0.717) is 12.0 Å². The molecule has 110 valence electrons. The van der Waals surface area contributed by atoms with E-state index in [2.05, 4.69) is 37.6 Å². The third kappa shape index (κ3) is 2.70. The fourth-order valence-electron chi connectivity index (χ4n) is 3.43. The standard InChI is InChI=1S/C18H27NO/c1-18(2,3)16-11-14(13-9-10-13)12-19(17(16)20)15-7-5-4-6-8-15/h11-13,15H,4-10H2,1-3H3. The number of aromatic nitrogens is 1. The minimum absolute atomic E-state index is 0.0571. The van der Waals surface area contributed by atoms with Gasteiger partial charge in [0.15, 0.2) is 0 Å². The van der Waals surface area contributed by atoms with Crippen molar-refractivity contribution >= 4 is 0 Å². The average Bonchev–Trinajstić information content (AvgIpc) is 3.23. The summed E-state index contributed by atoms with van der Waals surface area (Å²) in [5.74, 6) is 0.714. The van der Waals surface area contributed by atoms with Crippen LogP contribution in [0.4, 0.5) is 0 Å². The Labute approximate surface area is 122 Å². The smallest absolute Gasteiger partial charge is 0.254 e. The van der Waals surface area contributed by atoms with Crippen LogP contribution in [0.25, 0.3) is 0 Å². The highest BCUT2D eigenvalue weighted by molar-refractivity contribution is 5.30. The Bertz CT molecular complexity index is 540. The fourth-order valence-corrected chi connectivity index (χ4v) is 3.43. The molecule has 0 radical (unpaired) electrons. The van der Waals surface area contributed by atoms with Gasteiger partial charge in [-0.15, -0.1) is 0 Å². The molecule has 1 aromatic rings. The third-order valence-corrected chi connectivity index (χ3v) is 4.89. The molecule has 0 N–H and O–H groups in total. The molecule has 2 fully saturated rings. The van der Waals surface area contributed by atoms with Crippen LogP contribution in [-0.2, 0) is 5.41 Å². The van der Waals surface area contributed by atoms with E-state index in [-0.39, 0.29) is 11.0 Å². The van der Waals surface area contributed by atoms with Crippen molar-refractivity contribution in [3.05, 3.63) is 33.7 Å². The molecule has 1 aromatic heterocycles. The molecule has 2 aliphatic rings. The van der Waals surface area contributed by atoms with Gasteiger partial charge in [0.25, 0.3) is 5.56 Å². The Morgan fingerprint density at radius 1 is 1.05 bits per heavy atom. The summed E-state index contributed by atoms with van der Waals surface area (Å²) in [5.41, 5.74) is 2.61. The first-order valence-electron chi connectivity index (χ1n) is 8.23. The highest BCUT2D eigenvalue weighted by Gasteiger charge is 2.29. The lowest BCUT2D eigenvalue weighted by Gasteiger charge is -2.27. The van der Waals surface area contributed by atoms with E-state index in [1.165, 1.54) is 50.5 Å². The summed E-state index contributed by atoms with van der Waals surface area (Å²) in [6, 6.07) is 2.63. The Kier molecular flexibility index (Phi) is 3.51. The van der Waals surface area contributed by atoms with Crippen LogP contribution in [0.3, 0.4) is 0 Å². The zero-order valence-corrected chi connectivity index (χ0v) is 13.1. The first kappa shape index (κ1) is 13.9. The Balaban J connectivity index is 2.07. The topological polar surface area (TPSA) is 22.0 Å². The van der Waals surface area contributed by atoms with Crippen molar-refractivity contribution in [2.24, 2.45) is 0 Å². The van der Waals surface area contributed by atoms with Gasteiger partial charge < -0.3 is 4.57 Å². The number of rotatable bonds is 2. The van der Waals surface area contributed by atoms with Crippen LogP contribution in [0, 0.1) is 0 Å². The van der Waals surface area contributed by atoms with E-state index in [1.54, 1.807) is 0 Å². The zero-order chi connectivity index (χ0) is 14.3. The molecule has 0 amide bonds. The number of nitrogens with zero attached hydrogens (tertiary/aromatic N) is 1. The minimum Gasteiger partial charge on any atom is -0.312 e. The molecule has 2 aliphatic carbocycles. The fraction of sp³-hybridized carbons (Fsp3) is 0.722. The van der Waals surface area contributed by atoms with Crippen LogP contribution in [0.15, 0.2) is 17.1 Å². The van der Waals surface area contributed by atoms with E-state index in [0.717, 1.165) is 5.56 Å². The highest BCUT2D eigenvalue weighted by atomic mass is 16.1. The maximum absolute atomic E-state index is 12.9. The van der Waals surface area contributed by atoms with Gasteiger partial charge in [-0.1, -0.05) is 40.0 Å². The SMILES string of the molecule is CC(C)(C)c1cc(C2CC2)cn(C2CCCCC2)c1=O. The first-order chi connectivity index (χ1) is 9.47. The van der Waals surface area contributed by atoms with Gasteiger partial charge in [0.05, 0.1) is 0 Å². The summed E-state index contributed by atoms with van der Waals surface area (Å²) in [5, 5.41) is 0. The molecular weight excluding hydrogens is 246 g/mol. The number of pyridine rings is 1. The molecule has 0 spiro atoms. The highest BCUT2D eigenvalue weighted by Crippen LogP contribution is 2.41. The normalized spacial score (nSPS) is 21.1. The lowest BCUT2D eigenvalue weighted by molar-refractivity contribution is 0.342. The van der Waals surface area contributed by atoms with Crippen molar-refractivity contribution in [1.82, 2.24) is 4.57 Å². The summed E-state index contributed by atoms with van der Waals surface area (Å²) >= 11 is 0. The lowest BCUT2D eigenvalue weighted by atomic mass is 9.86. The third-order valence-electron chi connectivity index (χ3n) is 4.89. The molecule has 2 heteroatoms. The average molecular weight is 273 g/mol. The van der Waals surface area contributed by atoms with Gasteiger partial charge in [-0.05, 0) is 48.6 Å². The summed E-state index contributed by atoms with van der Waals surface area (Å²) in [4.78, 5) is 12.9. The molecule has 2 nitrogen and oxygen atoms in total. The second-order valence-electron chi connectivity index (χ2n) is 7.72.